The molecule has 0 aliphatic carbocycles. The van der Waals surface area contributed by atoms with Gasteiger partial charge in [-0.3, -0.25) is 14.5 Å². The van der Waals surface area contributed by atoms with E-state index in [-0.39, 0.29) is 23.5 Å². The average Bonchev–Trinajstić information content (AvgIpc) is 2.78. The highest BCUT2D eigenvalue weighted by Gasteiger charge is 2.26. The lowest BCUT2D eigenvalue weighted by atomic mass is 10.1. The Kier molecular flexibility index (Phi) is 6.00. The van der Waals surface area contributed by atoms with Gasteiger partial charge < -0.3 is 10.2 Å². The molecule has 1 heterocycles. The van der Waals surface area contributed by atoms with Crippen molar-refractivity contribution in [3.05, 3.63) is 72.0 Å². The number of Topliss-reactive ketones (excluding diaryl/α,β-unsaturated/α-hetero) is 1. The van der Waals surface area contributed by atoms with E-state index >= 15 is 0 Å². The number of anilines is 2. The number of carbonyl (C=O) groups excluding carboxylic acids is 2. The summed E-state index contributed by atoms with van der Waals surface area (Å²) < 4.78 is 14.5. The predicted molar refractivity (Wildman–Crippen MR) is 122 cm³/mol. The highest BCUT2D eigenvalue weighted by atomic mass is 19.1. The Bertz CT molecular complexity index is 1120. The maximum absolute atomic E-state index is 14.5. The van der Waals surface area contributed by atoms with Crippen LogP contribution in [0.25, 0.3) is 10.8 Å². The first kappa shape index (κ1) is 21.0. The Morgan fingerprint density at radius 2 is 1.65 bits per heavy atom. The van der Waals surface area contributed by atoms with Crippen LogP contribution in [0.1, 0.15) is 24.2 Å². The highest BCUT2D eigenvalue weighted by molar-refractivity contribution is 5.97. The summed E-state index contributed by atoms with van der Waals surface area (Å²) in [6, 6.07) is 18.3. The molecule has 4 rings (SSSR count). The quantitative estimate of drug-likeness (QED) is 0.626. The van der Waals surface area contributed by atoms with Crippen molar-refractivity contribution in [3.8, 4) is 0 Å². The molecule has 0 bridgehead atoms. The molecule has 0 saturated carbocycles. The summed E-state index contributed by atoms with van der Waals surface area (Å²) in [6.45, 7) is 5.86. The molecule has 3 aromatic carbocycles. The van der Waals surface area contributed by atoms with Gasteiger partial charge >= 0.3 is 0 Å². The van der Waals surface area contributed by atoms with Crippen LogP contribution in [0.3, 0.4) is 0 Å². The van der Waals surface area contributed by atoms with Gasteiger partial charge in [-0.05, 0) is 55.0 Å². The summed E-state index contributed by atoms with van der Waals surface area (Å²) in [5.74, 6) is -0.592. The molecule has 1 aliphatic heterocycles. The second-order valence-electron chi connectivity index (χ2n) is 7.97. The van der Waals surface area contributed by atoms with Crippen molar-refractivity contribution in [3.63, 3.8) is 0 Å². The van der Waals surface area contributed by atoms with Gasteiger partial charge in [0.15, 0.2) is 5.78 Å². The van der Waals surface area contributed by atoms with E-state index in [4.69, 9.17) is 0 Å². The number of nitrogens with zero attached hydrogens (tertiary/aromatic N) is 2. The number of piperazine rings is 1. The van der Waals surface area contributed by atoms with Crippen LogP contribution >= 0.6 is 0 Å². The fourth-order valence-electron chi connectivity index (χ4n) is 4.01. The second kappa shape index (κ2) is 8.86. The fourth-order valence-corrected chi connectivity index (χ4v) is 4.01. The van der Waals surface area contributed by atoms with E-state index in [1.807, 2.05) is 54.3 Å². The zero-order valence-corrected chi connectivity index (χ0v) is 17.8. The van der Waals surface area contributed by atoms with Gasteiger partial charge in [0, 0.05) is 37.4 Å². The van der Waals surface area contributed by atoms with Gasteiger partial charge in [-0.25, -0.2) is 4.39 Å². The van der Waals surface area contributed by atoms with Crippen LogP contribution in [0.2, 0.25) is 0 Å². The fraction of sp³-hybridized carbons (Fsp3) is 0.280. The van der Waals surface area contributed by atoms with E-state index in [0.717, 1.165) is 16.5 Å². The van der Waals surface area contributed by atoms with Gasteiger partial charge in [0.05, 0.1) is 11.7 Å². The van der Waals surface area contributed by atoms with Gasteiger partial charge in [-0.15, -0.1) is 0 Å². The molecule has 1 saturated heterocycles. The molecule has 1 unspecified atom stereocenters. The Morgan fingerprint density at radius 1 is 0.935 bits per heavy atom. The zero-order valence-electron chi connectivity index (χ0n) is 17.8. The summed E-state index contributed by atoms with van der Waals surface area (Å²) in [4.78, 5) is 28.3. The molecule has 5 nitrogen and oxygen atoms in total. The number of rotatable bonds is 5. The lowest BCUT2D eigenvalue weighted by molar-refractivity contribution is -0.120. The molecule has 160 valence electrons. The predicted octanol–water partition coefficient (Wildman–Crippen LogP) is 4.33. The molecule has 0 aromatic heterocycles. The monoisotopic (exact) mass is 419 g/mol. The first-order valence-corrected chi connectivity index (χ1v) is 10.5. The molecule has 0 radical (unpaired) electrons. The number of amides is 1. The van der Waals surface area contributed by atoms with Gasteiger partial charge in [-0.2, -0.15) is 0 Å². The number of benzene rings is 3. The van der Waals surface area contributed by atoms with E-state index < -0.39 is 0 Å². The number of hydrogen-bond donors (Lipinski definition) is 1. The largest absolute Gasteiger partial charge is 0.367 e. The van der Waals surface area contributed by atoms with Crippen LogP contribution in [-0.4, -0.2) is 48.8 Å². The van der Waals surface area contributed by atoms with Crippen molar-refractivity contribution in [2.75, 3.05) is 36.4 Å². The summed E-state index contributed by atoms with van der Waals surface area (Å²) in [6.07, 6.45) is 0. The van der Waals surface area contributed by atoms with E-state index in [1.54, 1.807) is 12.1 Å². The standard InChI is InChI=1S/C25H26FN3O2/c1-17(25(31)27-22-9-7-19-5-3-4-6-21(19)15-22)28-11-13-29(14-12-28)24-10-8-20(18(2)30)16-23(24)26/h3-10,15-17H,11-14H2,1-2H3,(H,27,31). The van der Waals surface area contributed by atoms with Crippen molar-refractivity contribution in [2.45, 2.75) is 19.9 Å². The molecule has 31 heavy (non-hydrogen) atoms. The molecule has 1 fully saturated rings. The molecule has 1 atom stereocenters. The maximum atomic E-state index is 14.5. The van der Waals surface area contributed by atoms with Crippen LogP contribution in [0.5, 0.6) is 0 Å². The summed E-state index contributed by atoms with van der Waals surface area (Å²) in [7, 11) is 0. The van der Waals surface area contributed by atoms with Gasteiger partial charge in [0.1, 0.15) is 5.82 Å². The van der Waals surface area contributed by atoms with Crippen LogP contribution in [0.15, 0.2) is 60.7 Å². The van der Waals surface area contributed by atoms with Crippen molar-refractivity contribution in [1.82, 2.24) is 4.90 Å². The number of carbonyl (C=O) groups is 2. The third-order valence-corrected chi connectivity index (χ3v) is 5.95. The van der Waals surface area contributed by atoms with E-state index in [9.17, 15) is 14.0 Å². The molecule has 1 amide bonds. The first-order chi connectivity index (χ1) is 14.9. The zero-order chi connectivity index (χ0) is 22.0. The Hall–Kier alpha value is -3.25. The Morgan fingerprint density at radius 3 is 2.32 bits per heavy atom. The van der Waals surface area contributed by atoms with Gasteiger partial charge in [0.2, 0.25) is 5.91 Å². The van der Waals surface area contributed by atoms with Crippen LogP contribution in [0, 0.1) is 5.82 Å². The van der Waals surface area contributed by atoms with Gasteiger partial charge in [-0.1, -0.05) is 30.3 Å². The maximum Gasteiger partial charge on any atom is 0.241 e. The first-order valence-electron chi connectivity index (χ1n) is 10.5. The van der Waals surface area contributed by atoms with Gasteiger partial charge in [0.25, 0.3) is 0 Å². The van der Waals surface area contributed by atoms with Crippen LogP contribution in [0.4, 0.5) is 15.8 Å². The number of nitrogens with one attached hydrogen (secondary N) is 1. The Balaban J connectivity index is 1.36. The molecule has 1 aliphatic rings. The second-order valence-corrected chi connectivity index (χ2v) is 7.97. The minimum Gasteiger partial charge on any atom is -0.367 e. The molecule has 1 N–H and O–H groups in total. The smallest absolute Gasteiger partial charge is 0.241 e. The SMILES string of the molecule is CC(=O)c1ccc(N2CCN(C(C)C(=O)Nc3ccc4ccccc4c3)CC2)c(F)c1. The van der Waals surface area contributed by atoms with Crippen molar-refractivity contribution in [2.24, 2.45) is 0 Å². The number of ketones is 1. The minimum absolute atomic E-state index is 0.0549. The molecular formula is C25H26FN3O2. The molecular weight excluding hydrogens is 393 g/mol. The third-order valence-electron chi connectivity index (χ3n) is 5.95. The van der Waals surface area contributed by atoms with Crippen molar-refractivity contribution < 1.29 is 14.0 Å². The van der Waals surface area contributed by atoms with E-state index in [2.05, 4.69) is 10.2 Å². The number of halogens is 1. The number of hydrogen-bond acceptors (Lipinski definition) is 4. The topological polar surface area (TPSA) is 52.7 Å². The lowest BCUT2D eigenvalue weighted by Gasteiger charge is -2.38. The molecule has 0 spiro atoms. The number of fused-ring (bicyclic) bond motifs is 1. The summed E-state index contributed by atoms with van der Waals surface area (Å²) in [5, 5.41) is 5.23. The molecule has 3 aromatic rings. The van der Waals surface area contributed by atoms with E-state index in [1.165, 1.54) is 13.0 Å². The minimum atomic E-state index is -0.386. The van der Waals surface area contributed by atoms with Crippen LogP contribution in [-0.2, 0) is 4.79 Å². The highest BCUT2D eigenvalue weighted by Crippen LogP contribution is 2.23. The third kappa shape index (κ3) is 4.59. The van der Waals surface area contributed by atoms with Crippen molar-refractivity contribution in [1.29, 1.82) is 0 Å². The average molecular weight is 420 g/mol. The normalized spacial score (nSPS) is 15.6. The van der Waals surface area contributed by atoms with Crippen molar-refractivity contribution >= 4 is 33.8 Å². The molecule has 6 heteroatoms. The van der Waals surface area contributed by atoms with E-state index in [0.29, 0.717) is 37.4 Å². The lowest BCUT2D eigenvalue weighted by Crippen LogP contribution is -2.53. The van der Waals surface area contributed by atoms with Crippen LogP contribution < -0.4 is 10.2 Å². The summed E-state index contributed by atoms with van der Waals surface area (Å²) >= 11 is 0. The Labute approximate surface area is 181 Å². The summed E-state index contributed by atoms with van der Waals surface area (Å²) in [5.41, 5.74) is 1.65.